The largest absolute Gasteiger partial charge is 0.480 e. The van der Waals surface area contributed by atoms with Crippen molar-refractivity contribution in [3.63, 3.8) is 0 Å². The van der Waals surface area contributed by atoms with Gasteiger partial charge in [-0.1, -0.05) is 17.7 Å². The van der Waals surface area contributed by atoms with Gasteiger partial charge in [-0.3, -0.25) is 4.79 Å². The van der Waals surface area contributed by atoms with E-state index in [1.165, 1.54) is 0 Å². The van der Waals surface area contributed by atoms with Gasteiger partial charge in [0, 0.05) is 5.56 Å². The van der Waals surface area contributed by atoms with Crippen molar-refractivity contribution in [1.29, 1.82) is 0 Å². The molecule has 5 heteroatoms. The van der Waals surface area contributed by atoms with E-state index in [0.717, 1.165) is 5.56 Å². The summed E-state index contributed by atoms with van der Waals surface area (Å²) in [4.78, 5) is 22.1. The van der Waals surface area contributed by atoms with Crippen molar-refractivity contribution in [1.82, 2.24) is 5.32 Å². The second kappa shape index (κ2) is 5.27. The van der Waals surface area contributed by atoms with Crippen LogP contribution in [0.3, 0.4) is 0 Å². The molecule has 0 aliphatic carbocycles. The molecule has 0 bridgehead atoms. The lowest BCUT2D eigenvalue weighted by molar-refractivity contribution is -0.140. The molecule has 5 nitrogen and oxygen atoms in total. The van der Waals surface area contributed by atoms with Crippen LogP contribution in [0.25, 0.3) is 0 Å². The van der Waals surface area contributed by atoms with Crippen LogP contribution in [0.5, 0.6) is 0 Å². The lowest BCUT2D eigenvalue weighted by Crippen LogP contribution is -2.43. The fourth-order valence-electron chi connectivity index (χ4n) is 1.13. The Morgan fingerprint density at radius 3 is 2.31 bits per heavy atom. The van der Waals surface area contributed by atoms with E-state index < -0.39 is 24.5 Å². The maximum absolute atomic E-state index is 11.5. The molecule has 0 saturated heterocycles. The molecule has 1 rings (SSSR count). The first kappa shape index (κ1) is 12.2. The van der Waals surface area contributed by atoms with E-state index in [0.29, 0.717) is 5.56 Å². The molecule has 0 aliphatic heterocycles. The Morgan fingerprint density at radius 1 is 1.31 bits per heavy atom. The Bertz CT molecular complexity index is 385. The van der Waals surface area contributed by atoms with Crippen molar-refractivity contribution in [2.24, 2.45) is 0 Å². The molecule has 1 aromatic rings. The topological polar surface area (TPSA) is 86.6 Å². The molecule has 0 radical (unpaired) electrons. The van der Waals surface area contributed by atoms with Crippen molar-refractivity contribution < 1.29 is 19.8 Å². The van der Waals surface area contributed by atoms with E-state index in [9.17, 15) is 9.59 Å². The van der Waals surface area contributed by atoms with Crippen LogP contribution >= 0.6 is 0 Å². The van der Waals surface area contributed by atoms with Gasteiger partial charge in [-0.15, -0.1) is 0 Å². The van der Waals surface area contributed by atoms with Crippen molar-refractivity contribution in [3.05, 3.63) is 35.4 Å². The SMILES string of the molecule is Cc1ccc(C(=O)N[C@@H](CO)C(=O)O)cc1. The smallest absolute Gasteiger partial charge is 0.328 e. The molecule has 0 heterocycles. The molecule has 1 atom stereocenters. The number of nitrogens with one attached hydrogen (secondary N) is 1. The van der Waals surface area contributed by atoms with Gasteiger partial charge in [-0.25, -0.2) is 4.79 Å². The molecule has 1 amide bonds. The first-order valence-corrected chi connectivity index (χ1v) is 4.76. The summed E-state index contributed by atoms with van der Waals surface area (Å²) in [5.41, 5.74) is 1.37. The zero-order valence-corrected chi connectivity index (χ0v) is 8.80. The molecule has 16 heavy (non-hydrogen) atoms. The van der Waals surface area contributed by atoms with Gasteiger partial charge >= 0.3 is 5.97 Å². The van der Waals surface area contributed by atoms with Gasteiger partial charge in [0.25, 0.3) is 5.91 Å². The number of carboxylic acids is 1. The van der Waals surface area contributed by atoms with E-state index in [4.69, 9.17) is 10.2 Å². The van der Waals surface area contributed by atoms with Crippen LogP contribution in [-0.2, 0) is 4.79 Å². The van der Waals surface area contributed by atoms with Gasteiger partial charge in [0.05, 0.1) is 6.61 Å². The summed E-state index contributed by atoms with van der Waals surface area (Å²) >= 11 is 0. The van der Waals surface area contributed by atoms with Crippen LogP contribution in [0.15, 0.2) is 24.3 Å². The third kappa shape index (κ3) is 3.06. The van der Waals surface area contributed by atoms with Crippen molar-refractivity contribution in [2.45, 2.75) is 13.0 Å². The molecule has 1 aromatic carbocycles. The predicted molar refractivity (Wildman–Crippen MR) is 57.2 cm³/mol. The fraction of sp³-hybridized carbons (Fsp3) is 0.273. The Hall–Kier alpha value is -1.88. The van der Waals surface area contributed by atoms with Gasteiger partial charge in [0.15, 0.2) is 6.04 Å². The number of benzene rings is 1. The van der Waals surface area contributed by atoms with Gasteiger partial charge in [-0.2, -0.15) is 0 Å². The number of hydrogen-bond donors (Lipinski definition) is 3. The maximum Gasteiger partial charge on any atom is 0.328 e. The molecule has 0 aromatic heterocycles. The summed E-state index contributed by atoms with van der Waals surface area (Å²) in [6, 6.07) is 5.43. The van der Waals surface area contributed by atoms with Crippen LogP contribution in [0.2, 0.25) is 0 Å². The Labute approximate surface area is 92.7 Å². The molecule has 86 valence electrons. The number of rotatable bonds is 4. The number of carboxylic acid groups (broad SMARTS) is 1. The summed E-state index contributed by atoms with van der Waals surface area (Å²) in [5, 5.41) is 19.6. The number of carbonyl (C=O) groups excluding carboxylic acids is 1. The second-order valence-corrected chi connectivity index (χ2v) is 3.41. The number of amides is 1. The zero-order chi connectivity index (χ0) is 12.1. The van der Waals surface area contributed by atoms with E-state index in [1.54, 1.807) is 24.3 Å². The zero-order valence-electron chi connectivity index (χ0n) is 8.80. The summed E-state index contributed by atoms with van der Waals surface area (Å²) in [6.45, 7) is 1.25. The number of aliphatic hydroxyl groups is 1. The minimum atomic E-state index is -1.27. The predicted octanol–water partition coefficient (Wildman–Crippen LogP) is 0.170. The lowest BCUT2D eigenvalue weighted by Gasteiger charge is -2.11. The first-order chi connectivity index (χ1) is 7.54. The van der Waals surface area contributed by atoms with Crippen LogP contribution in [0, 0.1) is 6.92 Å². The average Bonchev–Trinajstić information content (AvgIpc) is 2.26. The summed E-state index contributed by atoms with van der Waals surface area (Å²) in [7, 11) is 0. The highest BCUT2D eigenvalue weighted by atomic mass is 16.4. The number of carbonyl (C=O) groups is 2. The number of aryl methyl sites for hydroxylation is 1. The van der Waals surface area contributed by atoms with Crippen LogP contribution in [0.1, 0.15) is 15.9 Å². The quantitative estimate of drug-likeness (QED) is 0.679. The molecule has 0 spiro atoms. The Morgan fingerprint density at radius 2 is 1.88 bits per heavy atom. The second-order valence-electron chi connectivity index (χ2n) is 3.41. The first-order valence-electron chi connectivity index (χ1n) is 4.76. The molecule has 0 unspecified atom stereocenters. The number of aliphatic carboxylic acids is 1. The highest BCUT2D eigenvalue weighted by molar-refractivity contribution is 5.96. The van der Waals surface area contributed by atoms with Crippen molar-refractivity contribution in [3.8, 4) is 0 Å². The van der Waals surface area contributed by atoms with Crippen LogP contribution < -0.4 is 5.32 Å². The molecule has 0 saturated carbocycles. The van der Waals surface area contributed by atoms with Crippen LogP contribution in [-0.4, -0.2) is 34.7 Å². The third-order valence-corrected chi connectivity index (χ3v) is 2.10. The minimum absolute atomic E-state index is 0.366. The Kier molecular flexibility index (Phi) is 4.02. The number of aliphatic hydroxyl groups excluding tert-OH is 1. The molecular formula is C11H13NO4. The molecule has 0 aliphatic rings. The van der Waals surface area contributed by atoms with E-state index in [2.05, 4.69) is 5.32 Å². The fourth-order valence-corrected chi connectivity index (χ4v) is 1.13. The highest BCUT2D eigenvalue weighted by Crippen LogP contribution is 2.03. The summed E-state index contributed by atoms with van der Waals surface area (Å²) < 4.78 is 0. The van der Waals surface area contributed by atoms with E-state index >= 15 is 0 Å². The average molecular weight is 223 g/mol. The molecular weight excluding hydrogens is 210 g/mol. The van der Waals surface area contributed by atoms with E-state index in [1.807, 2.05) is 6.92 Å². The maximum atomic E-state index is 11.5. The summed E-state index contributed by atoms with van der Waals surface area (Å²) in [5.74, 6) is -1.77. The normalized spacial score (nSPS) is 11.9. The lowest BCUT2D eigenvalue weighted by atomic mass is 10.1. The Balaban J connectivity index is 2.71. The van der Waals surface area contributed by atoms with Crippen molar-refractivity contribution >= 4 is 11.9 Å². The van der Waals surface area contributed by atoms with Gasteiger partial charge < -0.3 is 15.5 Å². The monoisotopic (exact) mass is 223 g/mol. The molecule has 3 N–H and O–H groups in total. The van der Waals surface area contributed by atoms with Gasteiger partial charge in [0.1, 0.15) is 0 Å². The van der Waals surface area contributed by atoms with E-state index in [-0.39, 0.29) is 0 Å². The third-order valence-electron chi connectivity index (χ3n) is 2.10. The number of hydrogen-bond acceptors (Lipinski definition) is 3. The minimum Gasteiger partial charge on any atom is -0.480 e. The van der Waals surface area contributed by atoms with Gasteiger partial charge in [0.2, 0.25) is 0 Å². The molecule has 0 fully saturated rings. The van der Waals surface area contributed by atoms with Gasteiger partial charge in [-0.05, 0) is 19.1 Å². The summed E-state index contributed by atoms with van der Waals surface area (Å²) in [6.07, 6.45) is 0. The highest BCUT2D eigenvalue weighted by Gasteiger charge is 2.19. The van der Waals surface area contributed by atoms with Crippen LogP contribution in [0.4, 0.5) is 0 Å². The standard InChI is InChI=1S/C11H13NO4/c1-7-2-4-8(5-3-7)10(14)12-9(6-13)11(15)16/h2-5,9,13H,6H2,1H3,(H,12,14)(H,15,16)/t9-/m0/s1. The van der Waals surface area contributed by atoms with Crippen molar-refractivity contribution in [2.75, 3.05) is 6.61 Å².